The number of aromatic nitrogens is 5. The van der Waals surface area contributed by atoms with Gasteiger partial charge in [0.05, 0.1) is 12.2 Å². The van der Waals surface area contributed by atoms with Crippen LogP contribution in [-0.2, 0) is 6.54 Å². The number of hydrogen-bond acceptors (Lipinski definition) is 4. The highest BCUT2D eigenvalue weighted by atomic mass is 16.3. The largest absolute Gasteiger partial charge is 0.380 e. The van der Waals surface area contributed by atoms with Crippen molar-refractivity contribution in [2.45, 2.75) is 12.6 Å². The second kappa shape index (κ2) is 6.70. The van der Waals surface area contributed by atoms with E-state index >= 15 is 0 Å². The Hall–Kier alpha value is -3.25. The molecule has 2 aromatic heterocycles. The van der Waals surface area contributed by atoms with E-state index in [0.717, 1.165) is 16.8 Å². The topological polar surface area (TPSA) is 68.8 Å². The molecular weight excluding hydrogens is 314 g/mol. The number of aliphatic hydroxyl groups excluding tert-OH is 1. The molecule has 25 heavy (non-hydrogen) atoms. The third-order valence-electron chi connectivity index (χ3n) is 4.06. The second-order valence-corrected chi connectivity index (χ2v) is 5.75. The van der Waals surface area contributed by atoms with E-state index in [0.29, 0.717) is 12.4 Å². The summed E-state index contributed by atoms with van der Waals surface area (Å²) >= 11 is 0. The first-order chi connectivity index (χ1) is 12.3. The van der Waals surface area contributed by atoms with Gasteiger partial charge in [0, 0.05) is 12.4 Å². The quantitative estimate of drug-likeness (QED) is 0.610. The van der Waals surface area contributed by atoms with Gasteiger partial charge in [0.15, 0.2) is 5.82 Å². The zero-order valence-corrected chi connectivity index (χ0v) is 13.5. The van der Waals surface area contributed by atoms with E-state index in [-0.39, 0.29) is 0 Å². The van der Waals surface area contributed by atoms with Gasteiger partial charge >= 0.3 is 0 Å². The van der Waals surface area contributed by atoms with E-state index in [4.69, 9.17) is 0 Å². The molecule has 0 unspecified atom stereocenters. The molecule has 0 aliphatic heterocycles. The van der Waals surface area contributed by atoms with E-state index in [1.165, 1.54) is 0 Å². The van der Waals surface area contributed by atoms with Crippen molar-refractivity contribution in [2.75, 3.05) is 0 Å². The third-order valence-corrected chi connectivity index (χ3v) is 4.06. The van der Waals surface area contributed by atoms with E-state index in [1.807, 2.05) is 71.4 Å². The normalized spacial score (nSPS) is 12.2. The zero-order valence-electron chi connectivity index (χ0n) is 13.5. The van der Waals surface area contributed by atoms with Crippen LogP contribution in [0.5, 0.6) is 0 Å². The molecule has 0 aliphatic rings. The Morgan fingerprint density at radius 1 is 0.960 bits per heavy atom. The molecule has 0 aliphatic carbocycles. The van der Waals surface area contributed by atoms with Crippen molar-refractivity contribution in [1.82, 2.24) is 24.5 Å². The lowest BCUT2D eigenvalue weighted by Crippen LogP contribution is -2.10. The van der Waals surface area contributed by atoms with E-state index in [1.54, 1.807) is 17.2 Å². The number of benzene rings is 2. The Labute approximate surface area is 145 Å². The van der Waals surface area contributed by atoms with Crippen LogP contribution < -0.4 is 0 Å². The van der Waals surface area contributed by atoms with Crippen LogP contribution in [0.15, 0.2) is 79.4 Å². The van der Waals surface area contributed by atoms with Crippen LogP contribution in [-0.4, -0.2) is 29.7 Å². The number of nitrogens with zero attached hydrogens (tertiary/aromatic N) is 5. The van der Waals surface area contributed by atoms with E-state index in [9.17, 15) is 5.11 Å². The second-order valence-electron chi connectivity index (χ2n) is 5.75. The van der Waals surface area contributed by atoms with Gasteiger partial charge in [-0.1, -0.05) is 42.5 Å². The molecule has 0 saturated heterocycles. The van der Waals surface area contributed by atoms with Crippen molar-refractivity contribution in [1.29, 1.82) is 0 Å². The Bertz CT molecular complexity index is 930. The molecule has 0 amide bonds. The van der Waals surface area contributed by atoms with Gasteiger partial charge in [-0.15, -0.1) is 10.2 Å². The SMILES string of the molecule is O[C@H](c1ccc(-n2cccn2)cc1)c1nncn1Cc1ccccc1. The molecule has 1 atom stereocenters. The summed E-state index contributed by atoms with van der Waals surface area (Å²) < 4.78 is 3.63. The van der Waals surface area contributed by atoms with Crippen molar-refractivity contribution in [3.05, 3.63) is 96.3 Å². The summed E-state index contributed by atoms with van der Waals surface area (Å²) in [5, 5.41) is 23.0. The molecule has 4 rings (SSSR count). The van der Waals surface area contributed by atoms with E-state index in [2.05, 4.69) is 15.3 Å². The average Bonchev–Trinajstić information content (AvgIpc) is 3.34. The van der Waals surface area contributed by atoms with Crippen LogP contribution in [0.25, 0.3) is 5.69 Å². The van der Waals surface area contributed by atoms with Gasteiger partial charge < -0.3 is 9.67 Å². The third kappa shape index (κ3) is 3.20. The molecule has 0 bridgehead atoms. The lowest BCUT2D eigenvalue weighted by Gasteiger charge is -2.13. The molecule has 2 aromatic carbocycles. The fraction of sp³-hybridized carbons (Fsp3) is 0.105. The molecule has 0 saturated carbocycles. The minimum atomic E-state index is -0.835. The van der Waals surface area contributed by atoms with Crippen molar-refractivity contribution in [3.63, 3.8) is 0 Å². The van der Waals surface area contributed by atoms with Gasteiger partial charge in [-0.3, -0.25) is 0 Å². The highest BCUT2D eigenvalue weighted by Crippen LogP contribution is 2.22. The maximum absolute atomic E-state index is 10.7. The average molecular weight is 331 g/mol. The molecule has 1 N–H and O–H groups in total. The number of aliphatic hydroxyl groups is 1. The Morgan fingerprint density at radius 3 is 2.48 bits per heavy atom. The Kier molecular flexibility index (Phi) is 4.10. The molecule has 2 heterocycles. The van der Waals surface area contributed by atoms with Crippen LogP contribution in [0.2, 0.25) is 0 Å². The molecule has 6 heteroatoms. The van der Waals surface area contributed by atoms with E-state index < -0.39 is 6.10 Å². The summed E-state index contributed by atoms with van der Waals surface area (Å²) in [6, 6.07) is 19.5. The molecule has 0 fully saturated rings. The molecule has 124 valence electrons. The lowest BCUT2D eigenvalue weighted by molar-refractivity contribution is 0.204. The highest BCUT2D eigenvalue weighted by Gasteiger charge is 2.17. The van der Waals surface area contributed by atoms with Gasteiger partial charge in [0.2, 0.25) is 0 Å². The molecule has 4 aromatic rings. The number of rotatable bonds is 5. The molecule has 0 radical (unpaired) electrons. The standard InChI is InChI=1S/C19H17N5O/c25-18(16-7-9-17(10-8-16)24-12-4-11-21-24)19-22-20-14-23(19)13-15-5-2-1-3-6-15/h1-12,14,18,25H,13H2/t18-/m1/s1. The zero-order chi connectivity index (χ0) is 17.1. The summed E-state index contributed by atoms with van der Waals surface area (Å²) in [6.07, 6.45) is 4.42. The Balaban J connectivity index is 1.57. The predicted molar refractivity (Wildman–Crippen MR) is 93.2 cm³/mol. The molecule has 0 spiro atoms. The maximum Gasteiger partial charge on any atom is 0.166 e. The first-order valence-electron chi connectivity index (χ1n) is 8.01. The van der Waals surface area contributed by atoms with Crippen LogP contribution in [0.3, 0.4) is 0 Å². The lowest BCUT2D eigenvalue weighted by atomic mass is 10.1. The minimum Gasteiger partial charge on any atom is -0.380 e. The fourth-order valence-electron chi connectivity index (χ4n) is 2.76. The summed E-state index contributed by atoms with van der Waals surface area (Å²) in [6.45, 7) is 0.617. The van der Waals surface area contributed by atoms with Gasteiger partial charge in [-0.25, -0.2) is 4.68 Å². The first-order valence-corrected chi connectivity index (χ1v) is 8.01. The smallest absolute Gasteiger partial charge is 0.166 e. The van der Waals surface area contributed by atoms with Crippen molar-refractivity contribution >= 4 is 0 Å². The van der Waals surface area contributed by atoms with Gasteiger partial charge in [-0.2, -0.15) is 5.10 Å². The maximum atomic E-state index is 10.7. The summed E-state index contributed by atoms with van der Waals surface area (Å²) in [5.74, 6) is 0.524. The minimum absolute atomic E-state index is 0.524. The van der Waals surface area contributed by atoms with Gasteiger partial charge in [0.1, 0.15) is 12.4 Å². The van der Waals surface area contributed by atoms with Crippen LogP contribution in [0.1, 0.15) is 23.1 Å². The monoisotopic (exact) mass is 331 g/mol. The van der Waals surface area contributed by atoms with Crippen molar-refractivity contribution < 1.29 is 5.11 Å². The van der Waals surface area contributed by atoms with Gasteiger partial charge in [0.25, 0.3) is 0 Å². The summed E-state index contributed by atoms with van der Waals surface area (Å²) in [4.78, 5) is 0. The molecular formula is C19H17N5O. The summed E-state index contributed by atoms with van der Waals surface area (Å²) in [7, 11) is 0. The van der Waals surface area contributed by atoms with Crippen LogP contribution >= 0.6 is 0 Å². The number of hydrogen-bond donors (Lipinski definition) is 1. The van der Waals surface area contributed by atoms with Crippen LogP contribution in [0.4, 0.5) is 0 Å². The van der Waals surface area contributed by atoms with Crippen LogP contribution in [0, 0.1) is 0 Å². The predicted octanol–water partition coefficient (Wildman–Crippen LogP) is 2.59. The highest BCUT2D eigenvalue weighted by molar-refractivity contribution is 5.36. The Morgan fingerprint density at radius 2 is 1.76 bits per heavy atom. The van der Waals surface area contributed by atoms with Gasteiger partial charge in [-0.05, 0) is 29.3 Å². The van der Waals surface area contributed by atoms with Crippen molar-refractivity contribution in [3.8, 4) is 5.69 Å². The summed E-state index contributed by atoms with van der Waals surface area (Å²) in [5.41, 5.74) is 2.83. The first kappa shape index (κ1) is 15.3. The fourth-order valence-corrected chi connectivity index (χ4v) is 2.76. The molecule has 6 nitrogen and oxygen atoms in total. The van der Waals surface area contributed by atoms with Crippen molar-refractivity contribution in [2.24, 2.45) is 0 Å².